The summed E-state index contributed by atoms with van der Waals surface area (Å²) in [6.07, 6.45) is 1.46. The van der Waals surface area contributed by atoms with Gasteiger partial charge in [-0.05, 0) is 7.05 Å². The first kappa shape index (κ1) is 11.0. The van der Waals surface area contributed by atoms with Crippen molar-refractivity contribution in [2.24, 2.45) is 0 Å². The number of hydrogen-bond donors (Lipinski definition) is 1. The van der Waals surface area contributed by atoms with Gasteiger partial charge >= 0.3 is 5.97 Å². The number of hydrogen-bond acceptors (Lipinski definition) is 5. The maximum atomic E-state index is 10.6. The number of carboxylic acids is 1. The van der Waals surface area contributed by atoms with Crippen molar-refractivity contribution in [2.45, 2.75) is 12.6 Å². The third kappa shape index (κ3) is 2.56. The highest BCUT2D eigenvalue weighted by molar-refractivity contribution is 5.84. The van der Waals surface area contributed by atoms with Crippen LogP contribution in [-0.4, -0.2) is 63.8 Å². The summed E-state index contributed by atoms with van der Waals surface area (Å²) in [5.41, 5.74) is -0.0378. The van der Waals surface area contributed by atoms with E-state index in [4.69, 9.17) is 9.84 Å². The quantitative estimate of drug-likeness (QED) is 0.734. The second kappa shape index (κ2) is 4.58. The zero-order chi connectivity index (χ0) is 11.5. The predicted molar refractivity (Wildman–Crippen MR) is 54.2 cm³/mol. The SMILES string of the molecule is CN1CCOC(Cn2cc(C(=O)O)nn2)C1. The maximum Gasteiger partial charge on any atom is 0.358 e. The Hall–Kier alpha value is -1.47. The third-order valence-corrected chi connectivity index (χ3v) is 2.49. The third-order valence-electron chi connectivity index (χ3n) is 2.49. The van der Waals surface area contributed by atoms with Crippen LogP contribution in [0.15, 0.2) is 6.20 Å². The molecule has 0 amide bonds. The van der Waals surface area contributed by atoms with Crippen molar-refractivity contribution in [1.29, 1.82) is 0 Å². The fraction of sp³-hybridized carbons (Fsp3) is 0.667. The van der Waals surface area contributed by atoms with Crippen molar-refractivity contribution >= 4 is 5.97 Å². The summed E-state index contributed by atoms with van der Waals surface area (Å²) in [4.78, 5) is 12.8. The Morgan fingerprint density at radius 1 is 1.75 bits per heavy atom. The van der Waals surface area contributed by atoms with Crippen molar-refractivity contribution in [3.63, 3.8) is 0 Å². The lowest BCUT2D eigenvalue weighted by Gasteiger charge is -2.29. The van der Waals surface area contributed by atoms with Crippen molar-refractivity contribution in [3.8, 4) is 0 Å². The second-order valence-electron chi connectivity index (χ2n) is 3.89. The molecule has 0 bridgehead atoms. The van der Waals surface area contributed by atoms with E-state index >= 15 is 0 Å². The molecule has 88 valence electrons. The van der Waals surface area contributed by atoms with E-state index in [9.17, 15) is 4.79 Å². The molecular formula is C9H14N4O3. The standard InChI is InChI=1S/C9H14N4O3/c1-12-2-3-16-7(4-12)5-13-6-8(9(14)15)10-11-13/h6-7H,2-5H2,1H3,(H,14,15). The lowest BCUT2D eigenvalue weighted by atomic mass is 10.3. The van der Waals surface area contributed by atoms with Crippen LogP contribution in [0.5, 0.6) is 0 Å². The maximum absolute atomic E-state index is 10.6. The van der Waals surface area contributed by atoms with E-state index in [1.807, 2.05) is 7.05 Å². The fourth-order valence-corrected chi connectivity index (χ4v) is 1.67. The average molecular weight is 226 g/mol. The Morgan fingerprint density at radius 2 is 2.56 bits per heavy atom. The fourth-order valence-electron chi connectivity index (χ4n) is 1.67. The van der Waals surface area contributed by atoms with Crippen molar-refractivity contribution in [1.82, 2.24) is 19.9 Å². The summed E-state index contributed by atoms with van der Waals surface area (Å²) in [6.45, 7) is 2.97. The van der Waals surface area contributed by atoms with Gasteiger partial charge in [-0.25, -0.2) is 9.48 Å². The van der Waals surface area contributed by atoms with Gasteiger partial charge in [-0.2, -0.15) is 0 Å². The van der Waals surface area contributed by atoms with E-state index in [0.717, 1.165) is 13.1 Å². The number of aromatic carboxylic acids is 1. The molecule has 0 saturated carbocycles. The molecular weight excluding hydrogens is 212 g/mol. The molecule has 1 unspecified atom stereocenters. The summed E-state index contributed by atoms with van der Waals surface area (Å²) in [5.74, 6) is -1.06. The molecule has 0 spiro atoms. The van der Waals surface area contributed by atoms with Gasteiger partial charge in [-0.15, -0.1) is 5.10 Å². The van der Waals surface area contributed by atoms with E-state index in [0.29, 0.717) is 13.2 Å². The van der Waals surface area contributed by atoms with Gasteiger partial charge in [0.15, 0.2) is 5.69 Å². The zero-order valence-electron chi connectivity index (χ0n) is 9.04. The predicted octanol–water partition coefficient (Wildman–Crippen LogP) is -0.693. The normalized spacial score (nSPS) is 22.2. The van der Waals surface area contributed by atoms with Crippen LogP contribution in [0.1, 0.15) is 10.5 Å². The highest BCUT2D eigenvalue weighted by Crippen LogP contribution is 2.05. The molecule has 0 aromatic carbocycles. The number of ether oxygens (including phenoxy) is 1. The number of likely N-dealkylation sites (N-methyl/N-ethyl adjacent to an activating group) is 1. The van der Waals surface area contributed by atoms with Crippen LogP contribution in [0.4, 0.5) is 0 Å². The van der Waals surface area contributed by atoms with Crippen LogP contribution in [0, 0.1) is 0 Å². The molecule has 1 fully saturated rings. The number of morpholine rings is 1. The van der Waals surface area contributed by atoms with Gasteiger partial charge in [0.05, 0.1) is 25.5 Å². The summed E-state index contributed by atoms with van der Waals surface area (Å²) < 4.78 is 7.05. The minimum atomic E-state index is -1.06. The summed E-state index contributed by atoms with van der Waals surface area (Å²) in [7, 11) is 2.03. The molecule has 0 aliphatic carbocycles. The van der Waals surface area contributed by atoms with E-state index in [1.165, 1.54) is 10.9 Å². The number of rotatable bonds is 3. The lowest BCUT2D eigenvalue weighted by molar-refractivity contribution is -0.0292. The molecule has 7 nitrogen and oxygen atoms in total. The van der Waals surface area contributed by atoms with Crippen LogP contribution in [0.3, 0.4) is 0 Å². The van der Waals surface area contributed by atoms with Gasteiger partial charge in [0, 0.05) is 13.1 Å². The first-order chi connectivity index (χ1) is 7.65. The Balaban J connectivity index is 1.95. The van der Waals surface area contributed by atoms with Gasteiger partial charge in [0.1, 0.15) is 0 Å². The van der Waals surface area contributed by atoms with E-state index in [2.05, 4.69) is 15.2 Å². The molecule has 1 aromatic heterocycles. The van der Waals surface area contributed by atoms with Crippen molar-refractivity contribution in [2.75, 3.05) is 26.7 Å². The largest absolute Gasteiger partial charge is 0.476 e. The summed E-state index contributed by atoms with van der Waals surface area (Å²) in [5, 5.41) is 16.0. The Kier molecular flexibility index (Phi) is 3.16. The van der Waals surface area contributed by atoms with Gasteiger partial charge < -0.3 is 14.7 Å². The molecule has 1 aromatic rings. The van der Waals surface area contributed by atoms with E-state index in [-0.39, 0.29) is 11.8 Å². The van der Waals surface area contributed by atoms with Gasteiger partial charge in [-0.1, -0.05) is 5.21 Å². The first-order valence-electron chi connectivity index (χ1n) is 5.08. The molecule has 1 aliphatic rings. The monoisotopic (exact) mass is 226 g/mol. The summed E-state index contributed by atoms with van der Waals surface area (Å²) in [6, 6.07) is 0. The Bertz CT molecular complexity index is 379. The molecule has 1 aliphatic heterocycles. The number of nitrogens with zero attached hydrogens (tertiary/aromatic N) is 4. The van der Waals surface area contributed by atoms with Gasteiger partial charge in [-0.3, -0.25) is 0 Å². The Morgan fingerprint density at radius 3 is 3.19 bits per heavy atom. The molecule has 7 heteroatoms. The Labute approximate surface area is 92.6 Å². The van der Waals surface area contributed by atoms with Gasteiger partial charge in [0.25, 0.3) is 0 Å². The minimum Gasteiger partial charge on any atom is -0.476 e. The number of carboxylic acid groups (broad SMARTS) is 1. The first-order valence-corrected chi connectivity index (χ1v) is 5.08. The molecule has 2 heterocycles. The number of aromatic nitrogens is 3. The van der Waals surface area contributed by atoms with Crippen LogP contribution in [0.2, 0.25) is 0 Å². The molecule has 1 saturated heterocycles. The summed E-state index contributed by atoms with van der Waals surface area (Å²) >= 11 is 0. The molecule has 2 rings (SSSR count). The highest BCUT2D eigenvalue weighted by Gasteiger charge is 2.19. The minimum absolute atomic E-state index is 0.0378. The van der Waals surface area contributed by atoms with Crippen LogP contribution < -0.4 is 0 Å². The topological polar surface area (TPSA) is 80.5 Å². The lowest BCUT2D eigenvalue weighted by Crippen LogP contribution is -2.42. The van der Waals surface area contributed by atoms with Crippen LogP contribution >= 0.6 is 0 Å². The number of carbonyl (C=O) groups is 1. The second-order valence-corrected chi connectivity index (χ2v) is 3.89. The molecule has 1 atom stereocenters. The molecule has 0 radical (unpaired) electrons. The smallest absolute Gasteiger partial charge is 0.358 e. The van der Waals surface area contributed by atoms with E-state index in [1.54, 1.807) is 0 Å². The van der Waals surface area contributed by atoms with Crippen molar-refractivity contribution < 1.29 is 14.6 Å². The molecule has 16 heavy (non-hydrogen) atoms. The highest BCUT2D eigenvalue weighted by atomic mass is 16.5. The van der Waals surface area contributed by atoms with E-state index < -0.39 is 5.97 Å². The van der Waals surface area contributed by atoms with Crippen LogP contribution in [-0.2, 0) is 11.3 Å². The van der Waals surface area contributed by atoms with Crippen LogP contribution in [0.25, 0.3) is 0 Å². The van der Waals surface area contributed by atoms with Gasteiger partial charge in [0.2, 0.25) is 0 Å². The molecule has 1 N–H and O–H groups in total. The zero-order valence-corrected chi connectivity index (χ0v) is 9.04. The average Bonchev–Trinajstić information content (AvgIpc) is 2.66. The van der Waals surface area contributed by atoms with Crippen molar-refractivity contribution in [3.05, 3.63) is 11.9 Å².